The van der Waals surface area contributed by atoms with Crippen LogP contribution in [0.5, 0.6) is 0 Å². The van der Waals surface area contributed by atoms with Crippen LogP contribution in [0.2, 0.25) is 0 Å². The highest BCUT2D eigenvalue weighted by Crippen LogP contribution is 2.31. The van der Waals surface area contributed by atoms with Crippen molar-refractivity contribution in [3.63, 3.8) is 0 Å². The fourth-order valence-electron chi connectivity index (χ4n) is 5.52. The van der Waals surface area contributed by atoms with E-state index >= 15 is 0 Å². The van der Waals surface area contributed by atoms with Crippen LogP contribution in [0.3, 0.4) is 0 Å². The molecule has 8 heteroatoms. The van der Waals surface area contributed by atoms with Crippen LogP contribution in [0.1, 0.15) is 73.1 Å². The Morgan fingerprint density at radius 2 is 1.87 bits per heavy atom. The van der Waals surface area contributed by atoms with Crippen molar-refractivity contribution in [1.82, 2.24) is 25.2 Å². The zero-order chi connectivity index (χ0) is 21.5. The number of piperidine rings is 1. The first-order valence-electron chi connectivity index (χ1n) is 11.5. The molecule has 2 aromatic heterocycles. The van der Waals surface area contributed by atoms with E-state index in [-0.39, 0.29) is 17.7 Å². The van der Waals surface area contributed by atoms with Crippen molar-refractivity contribution in [2.75, 3.05) is 13.1 Å². The molecule has 1 aliphatic carbocycles. The molecule has 1 aromatic carbocycles. The van der Waals surface area contributed by atoms with Gasteiger partial charge in [0.15, 0.2) is 6.04 Å². The number of nitrogens with one attached hydrogen (secondary N) is 2. The van der Waals surface area contributed by atoms with Crippen LogP contribution in [0.25, 0.3) is 10.9 Å². The first-order chi connectivity index (χ1) is 15.0. The molecular weight excluding hydrogens is 392 g/mol. The van der Waals surface area contributed by atoms with Crippen molar-refractivity contribution in [1.29, 1.82) is 0 Å². The van der Waals surface area contributed by atoms with Gasteiger partial charge in [0, 0.05) is 12.8 Å². The summed E-state index contributed by atoms with van der Waals surface area (Å²) in [5.74, 6) is 0.771. The van der Waals surface area contributed by atoms with Crippen molar-refractivity contribution in [2.24, 2.45) is 0 Å². The number of aliphatic hydroxyl groups is 1. The fraction of sp³-hybridized carbons (Fsp3) is 0.565. The second-order valence-corrected chi connectivity index (χ2v) is 9.34. The normalized spacial score (nSPS) is 23.5. The lowest BCUT2D eigenvalue weighted by molar-refractivity contribution is -0.932. The first-order valence-corrected chi connectivity index (χ1v) is 11.5. The highest BCUT2D eigenvalue weighted by molar-refractivity contribution is 5.83. The van der Waals surface area contributed by atoms with E-state index in [4.69, 9.17) is 0 Å². The maximum Gasteiger partial charge on any atom is 0.258 e. The SMILES string of the molecule is Cc1cc(C)c2[nH]c(=O)c([C@H](c3nnnn3C3CCCC3)[NH+]3CCC(O)CC3)cc2c1. The summed E-state index contributed by atoms with van der Waals surface area (Å²) >= 11 is 0. The highest BCUT2D eigenvalue weighted by atomic mass is 16.3. The van der Waals surface area contributed by atoms with Crippen molar-refractivity contribution in [2.45, 2.75) is 70.6 Å². The number of rotatable bonds is 4. The zero-order valence-electron chi connectivity index (χ0n) is 18.3. The van der Waals surface area contributed by atoms with Gasteiger partial charge in [0.25, 0.3) is 5.56 Å². The number of benzene rings is 1. The summed E-state index contributed by atoms with van der Waals surface area (Å²) in [7, 11) is 0. The van der Waals surface area contributed by atoms with Crippen molar-refractivity contribution < 1.29 is 10.0 Å². The number of hydrogen-bond donors (Lipinski definition) is 3. The Hall–Kier alpha value is -2.58. The van der Waals surface area contributed by atoms with Crippen LogP contribution in [0, 0.1) is 13.8 Å². The average Bonchev–Trinajstić information content (AvgIpc) is 3.42. The number of hydrogen-bond acceptors (Lipinski definition) is 5. The summed E-state index contributed by atoms with van der Waals surface area (Å²) < 4.78 is 1.97. The van der Waals surface area contributed by atoms with Crippen molar-refractivity contribution in [3.05, 3.63) is 51.1 Å². The Bertz CT molecular complexity index is 1140. The molecule has 3 N–H and O–H groups in total. The van der Waals surface area contributed by atoms with E-state index in [1.807, 2.05) is 17.7 Å². The summed E-state index contributed by atoms with van der Waals surface area (Å²) in [5, 5.41) is 23.9. The Balaban J connectivity index is 1.66. The number of quaternary nitrogens is 1. The Morgan fingerprint density at radius 3 is 2.61 bits per heavy atom. The number of aromatic amines is 1. The van der Waals surface area contributed by atoms with Crippen molar-refractivity contribution >= 4 is 10.9 Å². The number of nitrogens with zero attached hydrogens (tertiary/aromatic N) is 4. The van der Waals surface area contributed by atoms with Crippen LogP contribution in [-0.2, 0) is 0 Å². The highest BCUT2D eigenvalue weighted by Gasteiger charge is 2.38. The van der Waals surface area contributed by atoms with Crippen LogP contribution in [0.4, 0.5) is 0 Å². The summed E-state index contributed by atoms with van der Waals surface area (Å²) in [6.07, 6.45) is 5.70. The van der Waals surface area contributed by atoms with Gasteiger partial charge in [-0.1, -0.05) is 24.5 Å². The molecule has 0 amide bonds. The maximum absolute atomic E-state index is 13.4. The number of aliphatic hydroxyl groups excluding tert-OH is 1. The first kappa shape index (κ1) is 20.3. The monoisotopic (exact) mass is 423 g/mol. The fourth-order valence-corrected chi connectivity index (χ4v) is 5.52. The van der Waals surface area contributed by atoms with E-state index in [2.05, 4.69) is 39.6 Å². The molecule has 0 unspecified atom stereocenters. The number of fused-ring (bicyclic) bond motifs is 1. The molecule has 0 radical (unpaired) electrons. The molecule has 1 saturated carbocycles. The third kappa shape index (κ3) is 3.78. The summed E-state index contributed by atoms with van der Waals surface area (Å²) in [4.78, 5) is 17.7. The number of aromatic nitrogens is 5. The lowest BCUT2D eigenvalue weighted by Gasteiger charge is -2.33. The predicted octanol–water partition coefficient (Wildman–Crippen LogP) is 1.38. The van der Waals surface area contributed by atoms with Gasteiger partial charge in [-0.3, -0.25) is 4.79 Å². The van der Waals surface area contributed by atoms with Gasteiger partial charge in [0.05, 0.1) is 36.3 Å². The van der Waals surface area contributed by atoms with E-state index in [1.54, 1.807) is 0 Å². The number of likely N-dealkylation sites (tertiary alicyclic amines) is 1. The third-order valence-electron chi connectivity index (χ3n) is 7.09. The molecule has 3 aromatic rings. The number of H-pyrrole nitrogens is 1. The molecule has 5 rings (SSSR count). The average molecular weight is 424 g/mol. The largest absolute Gasteiger partial charge is 0.393 e. The Morgan fingerprint density at radius 1 is 1.13 bits per heavy atom. The molecular formula is C23H31N6O2+. The number of tetrazole rings is 1. The van der Waals surface area contributed by atoms with Crippen LogP contribution in [-0.4, -0.2) is 49.5 Å². The van der Waals surface area contributed by atoms with E-state index in [0.29, 0.717) is 11.6 Å². The lowest BCUT2D eigenvalue weighted by atomic mass is 9.98. The van der Waals surface area contributed by atoms with Gasteiger partial charge in [-0.15, -0.1) is 5.10 Å². The lowest BCUT2D eigenvalue weighted by Crippen LogP contribution is -3.14. The second-order valence-electron chi connectivity index (χ2n) is 9.34. The molecule has 1 saturated heterocycles. The molecule has 2 aliphatic rings. The molecule has 8 nitrogen and oxygen atoms in total. The molecule has 31 heavy (non-hydrogen) atoms. The van der Waals surface area contributed by atoms with Crippen LogP contribution >= 0.6 is 0 Å². The summed E-state index contributed by atoms with van der Waals surface area (Å²) in [6, 6.07) is 6.29. The molecule has 1 aliphatic heterocycles. The van der Waals surface area contributed by atoms with Gasteiger partial charge < -0.3 is 15.0 Å². The molecule has 1 atom stereocenters. The van der Waals surface area contributed by atoms with Gasteiger partial charge in [-0.25, -0.2) is 4.68 Å². The zero-order valence-corrected chi connectivity index (χ0v) is 18.3. The number of aryl methyl sites for hydroxylation is 2. The minimum absolute atomic E-state index is 0.0796. The topological polar surface area (TPSA) is 101 Å². The predicted molar refractivity (Wildman–Crippen MR) is 117 cm³/mol. The smallest absolute Gasteiger partial charge is 0.258 e. The molecule has 2 fully saturated rings. The summed E-state index contributed by atoms with van der Waals surface area (Å²) in [5.41, 5.74) is 3.75. The third-order valence-corrected chi connectivity index (χ3v) is 7.09. The van der Waals surface area contributed by atoms with Gasteiger partial charge in [-0.05, 0) is 60.2 Å². The minimum atomic E-state index is -0.268. The quantitative estimate of drug-likeness (QED) is 0.589. The molecule has 3 heterocycles. The molecule has 164 valence electrons. The molecule has 0 spiro atoms. The van der Waals surface area contributed by atoms with Gasteiger partial charge in [0.2, 0.25) is 5.82 Å². The second kappa shape index (κ2) is 8.16. The molecule has 0 bridgehead atoms. The Kier molecular flexibility index (Phi) is 5.35. The van der Waals surface area contributed by atoms with Crippen LogP contribution in [0.15, 0.2) is 23.0 Å². The van der Waals surface area contributed by atoms with E-state index < -0.39 is 0 Å². The Labute approximate surface area is 181 Å². The summed E-state index contributed by atoms with van der Waals surface area (Å²) in [6.45, 7) is 5.67. The standard InChI is InChI=1S/C23H30N6O2/c1-14-11-15(2)20-16(12-14)13-19(23(31)24-20)21(28-9-7-18(30)8-10-28)22-25-26-27-29(22)17-5-3-4-6-17/h11-13,17-18,21,30H,3-10H2,1-2H3,(H,24,31)/p+1/t21-/m1/s1. The minimum Gasteiger partial charge on any atom is -0.393 e. The van der Waals surface area contributed by atoms with Crippen molar-refractivity contribution in [3.8, 4) is 0 Å². The van der Waals surface area contributed by atoms with E-state index in [1.165, 1.54) is 23.3 Å². The van der Waals surface area contributed by atoms with E-state index in [0.717, 1.165) is 61.1 Å². The maximum atomic E-state index is 13.4. The number of pyridine rings is 1. The van der Waals surface area contributed by atoms with Crippen LogP contribution < -0.4 is 10.5 Å². The van der Waals surface area contributed by atoms with Gasteiger partial charge >= 0.3 is 0 Å². The van der Waals surface area contributed by atoms with Gasteiger partial charge in [0.1, 0.15) is 0 Å². The van der Waals surface area contributed by atoms with Gasteiger partial charge in [-0.2, -0.15) is 0 Å². The van der Waals surface area contributed by atoms with E-state index in [9.17, 15) is 9.90 Å².